The standard InChI is InChI=1S/C22H26ClFN4O2.ClH/c1-28(2)16-9-7-15(8-10-16)26-22(30)17-4-3-5-19(24)18(17)12-21(29)27-20-11-6-14(23)13-25-20;/h3-6,11,13,15-16H,7-10,12H2,1-2H3,(H,26,30)(H,25,27,29);1H. The lowest BCUT2D eigenvalue weighted by Crippen LogP contribution is -2.42. The minimum Gasteiger partial charge on any atom is -0.349 e. The van der Waals surface area contributed by atoms with Crippen LogP contribution in [-0.4, -0.2) is 47.9 Å². The summed E-state index contributed by atoms with van der Waals surface area (Å²) in [4.78, 5) is 31.4. The Kier molecular flexibility index (Phi) is 9.22. The fourth-order valence-electron chi connectivity index (χ4n) is 3.75. The molecule has 9 heteroatoms. The molecule has 1 aliphatic carbocycles. The maximum absolute atomic E-state index is 14.5. The number of rotatable bonds is 6. The highest BCUT2D eigenvalue weighted by Crippen LogP contribution is 2.23. The van der Waals surface area contributed by atoms with E-state index in [0.29, 0.717) is 16.9 Å². The van der Waals surface area contributed by atoms with Crippen LogP contribution >= 0.6 is 24.0 Å². The van der Waals surface area contributed by atoms with Crippen LogP contribution in [0.2, 0.25) is 5.02 Å². The van der Waals surface area contributed by atoms with Gasteiger partial charge in [-0.25, -0.2) is 9.37 Å². The number of aromatic nitrogens is 1. The Labute approximate surface area is 193 Å². The lowest BCUT2D eigenvalue weighted by atomic mass is 9.90. The summed E-state index contributed by atoms with van der Waals surface area (Å²) in [7, 11) is 4.13. The number of anilines is 1. The molecule has 6 nitrogen and oxygen atoms in total. The molecule has 2 aromatic rings. The largest absolute Gasteiger partial charge is 0.349 e. The van der Waals surface area contributed by atoms with Gasteiger partial charge in [0.25, 0.3) is 5.91 Å². The number of carbonyl (C=O) groups excluding carboxylic acids is 2. The molecule has 0 bridgehead atoms. The van der Waals surface area contributed by atoms with Crippen molar-refractivity contribution in [3.8, 4) is 0 Å². The molecule has 0 unspecified atom stereocenters. The third-order valence-corrected chi connectivity index (χ3v) is 5.68. The van der Waals surface area contributed by atoms with Crippen molar-refractivity contribution in [2.75, 3.05) is 19.4 Å². The Morgan fingerprint density at radius 3 is 2.48 bits per heavy atom. The molecule has 0 spiro atoms. The molecule has 168 valence electrons. The molecular weight excluding hydrogens is 442 g/mol. The zero-order valence-electron chi connectivity index (χ0n) is 17.5. The topological polar surface area (TPSA) is 74.3 Å². The highest BCUT2D eigenvalue weighted by Gasteiger charge is 2.25. The third kappa shape index (κ3) is 6.89. The van der Waals surface area contributed by atoms with Gasteiger partial charge >= 0.3 is 0 Å². The highest BCUT2D eigenvalue weighted by molar-refractivity contribution is 6.30. The predicted octanol–water partition coefficient (Wildman–Crippen LogP) is 4.08. The molecule has 0 atom stereocenters. The van der Waals surface area contributed by atoms with Gasteiger partial charge in [-0.15, -0.1) is 12.4 Å². The molecule has 1 heterocycles. The maximum Gasteiger partial charge on any atom is 0.251 e. The smallest absolute Gasteiger partial charge is 0.251 e. The van der Waals surface area contributed by atoms with Gasteiger partial charge < -0.3 is 15.5 Å². The average molecular weight is 469 g/mol. The van der Waals surface area contributed by atoms with Gasteiger partial charge in [0.05, 0.1) is 11.4 Å². The summed E-state index contributed by atoms with van der Waals surface area (Å²) in [6.07, 6.45) is 4.90. The summed E-state index contributed by atoms with van der Waals surface area (Å²) >= 11 is 5.79. The van der Waals surface area contributed by atoms with Crippen molar-refractivity contribution in [2.45, 2.75) is 44.2 Å². The molecule has 0 radical (unpaired) electrons. The van der Waals surface area contributed by atoms with Gasteiger partial charge in [0.2, 0.25) is 5.91 Å². The Morgan fingerprint density at radius 2 is 1.87 bits per heavy atom. The first kappa shape index (κ1) is 25.0. The van der Waals surface area contributed by atoms with Crippen LogP contribution in [0.4, 0.5) is 10.2 Å². The van der Waals surface area contributed by atoms with Gasteiger partial charge in [-0.2, -0.15) is 0 Å². The second kappa shape index (κ2) is 11.4. The van der Waals surface area contributed by atoms with Gasteiger partial charge in [-0.1, -0.05) is 17.7 Å². The van der Waals surface area contributed by atoms with E-state index in [-0.39, 0.29) is 41.9 Å². The summed E-state index contributed by atoms with van der Waals surface area (Å²) < 4.78 is 14.5. The lowest BCUT2D eigenvalue weighted by molar-refractivity contribution is -0.115. The molecule has 1 aromatic heterocycles. The zero-order valence-corrected chi connectivity index (χ0v) is 19.1. The van der Waals surface area contributed by atoms with Crippen molar-refractivity contribution in [1.29, 1.82) is 0 Å². The number of amides is 2. The molecular formula is C22H27Cl2FN4O2. The van der Waals surface area contributed by atoms with Crippen molar-refractivity contribution in [3.05, 3.63) is 58.5 Å². The van der Waals surface area contributed by atoms with Gasteiger partial charge in [-0.3, -0.25) is 9.59 Å². The summed E-state index contributed by atoms with van der Waals surface area (Å²) in [6, 6.07) is 8.01. The van der Waals surface area contributed by atoms with Gasteiger partial charge in [-0.05, 0) is 64.0 Å². The van der Waals surface area contributed by atoms with Crippen molar-refractivity contribution in [2.24, 2.45) is 0 Å². The Balaban J connectivity index is 0.00000341. The molecule has 1 fully saturated rings. The molecule has 1 aromatic carbocycles. The Bertz CT molecular complexity index is 901. The van der Waals surface area contributed by atoms with Gasteiger partial charge in [0.1, 0.15) is 11.6 Å². The number of hydrogen-bond donors (Lipinski definition) is 2. The molecule has 2 N–H and O–H groups in total. The van der Waals surface area contributed by atoms with E-state index in [0.717, 1.165) is 25.7 Å². The van der Waals surface area contributed by atoms with Crippen LogP contribution in [0.15, 0.2) is 36.5 Å². The summed E-state index contributed by atoms with van der Waals surface area (Å²) in [6.45, 7) is 0. The van der Waals surface area contributed by atoms with Crippen molar-refractivity contribution in [3.63, 3.8) is 0 Å². The van der Waals surface area contributed by atoms with Crippen molar-refractivity contribution < 1.29 is 14.0 Å². The monoisotopic (exact) mass is 468 g/mol. The number of hydrogen-bond acceptors (Lipinski definition) is 4. The van der Waals surface area contributed by atoms with Crippen LogP contribution in [0.1, 0.15) is 41.6 Å². The van der Waals surface area contributed by atoms with Crippen LogP contribution in [0.3, 0.4) is 0 Å². The van der Waals surface area contributed by atoms with E-state index in [9.17, 15) is 14.0 Å². The number of halogens is 3. The van der Waals surface area contributed by atoms with E-state index in [1.54, 1.807) is 18.2 Å². The maximum atomic E-state index is 14.5. The van der Waals surface area contributed by atoms with E-state index >= 15 is 0 Å². The van der Waals surface area contributed by atoms with E-state index in [4.69, 9.17) is 11.6 Å². The summed E-state index contributed by atoms with van der Waals surface area (Å²) in [5, 5.41) is 6.05. The number of nitrogens with one attached hydrogen (secondary N) is 2. The highest BCUT2D eigenvalue weighted by atomic mass is 35.5. The SMILES string of the molecule is CN(C)C1CCC(NC(=O)c2cccc(F)c2CC(=O)Nc2ccc(Cl)cn2)CC1.Cl. The minimum absolute atomic E-state index is 0. The van der Waals surface area contributed by atoms with Crippen molar-refractivity contribution >= 4 is 41.6 Å². The summed E-state index contributed by atoms with van der Waals surface area (Å²) in [5.74, 6) is -1.09. The molecule has 0 saturated heterocycles. The second-order valence-corrected chi connectivity index (χ2v) is 8.23. The minimum atomic E-state index is -0.585. The molecule has 3 rings (SSSR count). The van der Waals surface area contributed by atoms with Crippen LogP contribution < -0.4 is 10.6 Å². The quantitative estimate of drug-likeness (QED) is 0.669. The van der Waals surface area contributed by atoms with E-state index < -0.39 is 11.7 Å². The molecule has 2 amide bonds. The molecule has 1 aliphatic rings. The lowest BCUT2D eigenvalue weighted by Gasteiger charge is -2.33. The van der Waals surface area contributed by atoms with Gasteiger partial charge in [0, 0.05) is 29.4 Å². The van der Waals surface area contributed by atoms with Crippen LogP contribution in [0.5, 0.6) is 0 Å². The van der Waals surface area contributed by atoms with Gasteiger partial charge in [0.15, 0.2) is 0 Å². The normalized spacial score (nSPS) is 18.2. The van der Waals surface area contributed by atoms with Crippen LogP contribution in [-0.2, 0) is 11.2 Å². The van der Waals surface area contributed by atoms with Crippen LogP contribution in [0, 0.1) is 5.82 Å². The first-order chi connectivity index (χ1) is 14.3. The zero-order chi connectivity index (χ0) is 21.7. The molecule has 31 heavy (non-hydrogen) atoms. The molecule has 1 saturated carbocycles. The average Bonchev–Trinajstić information content (AvgIpc) is 2.71. The molecule has 0 aliphatic heterocycles. The predicted molar refractivity (Wildman–Crippen MR) is 122 cm³/mol. The summed E-state index contributed by atoms with van der Waals surface area (Å²) in [5.41, 5.74) is 0.257. The van der Waals surface area contributed by atoms with E-state index in [1.165, 1.54) is 18.3 Å². The fraction of sp³-hybridized carbons (Fsp3) is 0.409. The number of carbonyl (C=O) groups is 2. The fourth-order valence-corrected chi connectivity index (χ4v) is 3.86. The number of benzene rings is 1. The van der Waals surface area contributed by atoms with Crippen LogP contribution in [0.25, 0.3) is 0 Å². The third-order valence-electron chi connectivity index (χ3n) is 5.46. The Hall–Kier alpha value is -2.22. The van der Waals surface area contributed by atoms with E-state index in [1.807, 2.05) is 0 Å². The first-order valence-corrected chi connectivity index (χ1v) is 10.4. The Morgan fingerprint density at radius 1 is 1.16 bits per heavy atom. The number of pyridine rings is 1. The second-order valence-electron chi connectivity index (χ2n) is 7.80. The number of nitrogens with zero attached hydrogens (tertiary/aromatic N) is 2. The van der Waals surface area contributed by atoms with Crippen molar-refractivity contribution in [1.82, 2.24) is 15.2 Å². The van der Waals surface area contributed by atoms with E-state index in [2.05, 4.69) is 34.6 Å². The first-order valence-electron chi connectivity index (χ1n) is 9.99.